The number of hydrogen-bond donors (Lipinski definition) is 2. The van der Waals surface area contributed by atoms with Gasteiger partial charge >= 0.3 is 21.8 Å². The van der Waals surface area contributed by atoms with Crippen molar-refractivity contribution in [3.05, 3.63) is 90.7 Å². The molecule has 4 aromatic rings. The van der Waals surface area contributed by atoms with E-state index < -0.39 is 84.4 Å². The van der Waals surface area contributed by atoms with E-state index in [2.05, 4.69) is 15.5 Å². The van der Waals surface area contributed by atoms with Crippen LogP contribution >= 0.6 is 23.2 Å². The molecule has 0 saturated heterocycles. The fourth-order valence-corrected chi connectivity index (χ4v) is 5.23. The summed E-state index contributed by atoms with van der Waals surface area (Å²) in [5, 5.41) is 31.8. The number of nitro benzene ring substituents is 2. The van der Waals surface area contributed by atoms with Crippen LogP contribution in [0.3, 0.4) is 0 Å². The number of carbonyl (C=O) groups is 1. The summed E-state index contributed by atoms with van der Waals surface area (Å²) in [5.74, 6) is -1.72. The van der Waals surface area contributed by atoms with E-state index >= 15 is 0 Å². The van der Waals surface area contributed by atoms with Crippen molar-refractivity contribution in [1.82, 2.24) is 15.0 Å². The van der Waals surface area contributed by atoms with Gasteiger partial charge in [0.2, 0.25) is 0 Å². The smallest absolute Gasteiger partial charge is 0.397 e. The van der Waals surface area contributed by atoms with Gasteiger partial charge in [-0.15, -0.1) is 0 Å². The molecule has 0 aliphatic rings. The first kappa shape index (κ1) is 30.4. The first-order chi connectivity index (χ1) is 19.5. The largest absolute Gasteiger partial charge is 0.744 e. The second-order valence-corrected chi connectivity index (χ2v) is 11.5. The molecule has 0 unspecified atom stereocenters. The molecule has 0 spiro atoms. The number of aromatic nitrogens is 4. The molecule has 2 N–H and O–H groups in total. The normalized spacial score (nSPS) is 11.7. The number of nitrogens with one attached hydrogen (secondary N) is 1. The number of para-hydroxylation sites is 1. The molecule has 22 heteroatoms. The van der Waals surface area contributed by atoms with Gasteiger partial charge < -0.3 is 9.87 Å². The molecule has 1 aromatic heterocycles. The second-order valence-electron chi connectivity index (χ2n) is 7.91. The number of carbonyl (C=O) groups excluding carboxylic acids is 1. The summed E-state index contributed by atoms with van der Waals surface area (Å²) in [4.78, 5) is 31.8. The number of halogens is 2. The van der Waals surface area contributed by atoms with E-state index in [-0.39, 0.29) is 5.69 Å². The highest BCUT2D eigenvalue weighted by Crippen LogP contribution is 2.33. The number of amides is 1. The average Bonchev–Trinajstić information content (AvgIpc) is 3.32. The Morgan fingerprint density at radius 1 is 0.929 bits per heavy atom. The van der Waals surface area contributed by atoms with Crippen LogP contribution in [0.1, 0.15) is 10.6 Å². The highest BCUT2D eigenvalue weighted by Gasteiger charge is 2.35. The lowest BCUT2D eigenvalue weighted by Crippen LogP contribution is -2.44. The highest BCUT2D eigenvalue weighted by atomic mass is 35.5. The van der Waals surface area contributed by atoms with Crippen LogP contribution in [0.15, 0.2) is 64.4 Å². The number of nitro groups is 2. The highest BCUT2D eigenvalue weighted by molar-refractivity contribution is 7.86. The lowest BCUT2D eigenvalue weighted by Gasteiger charge is -2.10. The maximum atomic E-state index is 13.0. The Labute approximate surface area is 243 Å². The summed E-state index contributed by atoms with van der Waals surface area (Å²) in [5.41, 5.74) is -3.30. The van der Waals surface area contributed by atoms with E-state index in [1.54, 1.807) is 18.2 Å². The van der Waals surface area contributed by atoms with Crippen LogP contribution in [0.25, 0.3) is 11.4 Å². The predicted molar refractivity (Wildman–Crippen MR) is 138 cm³/mol. The van der Waals surface area contributed by atoms with Crippen molar-refractivity contribution in [2.45, 2.75) is 9.79 Å². The molecule has 0 bridgehead atoms. The standard InChI is InChI=1S/C20H11Cl2N7O11S2/c21-11-6-15(28(31)32)17(41(35,36)37)8-13(11)26-24-19(20(30)23-10-4-2-1-3-5-10)25-27(26)14-9-18(42(38,39)40)16(29(33)34)7-12(14)22/h1-9H,(H2-,23,30,35,36,37,38,39,40). The van der Waals surface area contributed by atoms with Gasteiger partial charge in [-0.3, -0.25) is 29.6 Å². The van der Waals surface area contributed by atoms with Gasteiger partial charge in [0, 0.05) is 33.8 Å². The third-order valence-corrected chi connectivity index (χ3v) is 7.58. The van der Waals surface area contributed by atoms with Gasteiger partial charge in [0.15, 0.2) is 16.3 Å². The van der Waals surface area contributed by atoms with E-state index in [0.717, 1.165) is 0 Å². The Morgan fingerprint density at radius 3 is 2.05 bits per heavy atom. The van der Waals surface area contributed by atoms with Crippen LogP contribution < -0.4 is 10.1 Å². The van der Waals surface area contributed by atoms with Crippen molar-refractivity contribution < 1.29 is 45.4 Å². The topological polar surface area (TPSA) is 262 Å². The maximum Gasteiger partial charge on any atom is 0.397 e. The predicted octanol–water partition coefficient (Wildman–Crippen LogP) is 2.07. The number of anilines is 1. The van der Waals surface area contributed by atoms with Gasteiger partial charge in [-0.05, 0) is 23.0 Å². The third-order valence-electron chi connectivity index (χ3n) is 5.22. The molecule has 1 amide bonds. The zero-order chi connectivity index (χ0) is 31.1. The summed E-state index contributed by atoms with van der Waals surface area (Å²) in [6.45, 7) is 0. The molecule has 218 valence electrons. The zero-order valence-corrected chi connectivity index (χ0v) is 23.1. The van der Waals surface area contributed by atoms with Crippen molar-refractivity contribution >= 4 is 66.4 Å². The number of benzene rings is 3. The van der Waals surface area contributed by atoms with E-state index in [0.29, 0.717) is 33.9 Å². The molecule has 18 nitrogen and oxygen atoms in total. The maximum absolute atomic E-state index is 13.0. The molecular weight excluding hydrogens is 649 g/mol. The van der Waals surface area contributed by atoms with E-state index in [1.165, 1.54) is 12.1 Å². The van der Waals surface area contributed by atoms with Gasteiger partial charge in [-0.25, -0.2) is 8.42 Å². The Balaban J connectivity index is 2.06. The van der Waals surface area contributed by atoms with Crippen molar-refractivity contribution in [2.75, 3.05) is 5.32 Å². The minimum absolute atomic E-state index is 0.264. The van der Waals surface area contributed by atoms with Crippen LogP contribution in [0.5, 0.6) is 0 Å². The number of hydrogen-bond acceptors (Lipinski definition) is 12. The number of nitrogens with zero attached hydrogens (tertiary/aromatic N) is 6. The monoisotopic (exact) mass is 659 g/mol. The van der Waals surface area contributed by atoms with Gasteiger partial charge in [0.25, 0.3) is 11.4 Å². The van der Waals surface area contributed by atoms with Crippen LogP contribution in [0.2, 0.25) is 10.0 Å². The molecule has 0 aliphatic heterocycles. The molecule has 0 saturated carbocycles. The SMILES string of the molecule is O=C(Nc1ccccc1)c1nn(-c2cc(S(=O)(=O)O)c([N+](=O)[O-])cc2Cl)[n+](-c2cc(S(=O)(=O)[O-])c([N+](=O)[O-])cc2Cl)n1. The molecular formula is C20H11Cl2N7O11S2. The molecule has 1 heterocycles. The molecule has 0 atom stereocenters. The quantitative estimate of drug-likeness (QED) is 0.119. The molecule has 0 fully saturated rings. The fourth-order valence-electron chi connectivity index (χ4n) is 3.46. The minimum atomic E-state index is -5.52. The molecule has 4 rings (SSSR count). The third kappa shape index (κ3) is 6.02. The molecule has 0 aliphatic carbocycles. The summed E-state index contributed by atoms with van der Waals surface area (Å²) in [7, 11) is -10.8. The summed E-state index contributed by atoms with van der Waals surface area (Å²) < 4.78 is 69.0. The Hall–Kier alpha value is -4.60. The van der Waals surface area contributed by atoms with Gasteiger partial charge in [0.1, 0.15) is 15.0 Å². The Morgan fingerprint density at radius 2 is 1.50 bits per heavy atom. The van der Waals surface area contributed by atoms with Gasteiger partial charge in [-0.1, -0.05) is 41.4 Å². The minimum Gasteiger partial charge on any atom is -0.744 e. The number of tetrazole rings is 1. The lowest BCUT2D eigenvalue weighted by molar-refractivity contribution is -0.735. The van der Waals surface area contributed by atoms with E-state index in [4.69, 9.17) is 23.2 Å². The van der Waals surface area contributed by atoms with Crippen LogP contribution in [-0.4, -0.2) is 56.7 Å². The van der Waals surface area contributed by atoms with Gasteiger partial charge in [-0.2, -0.15) is 8.42 Å². The van der Waals surface area contributed by atoms with Crippen LogP contribution in [-0.2, 0) is 20.2 Å². The summed E-state index contributed by atoms with van der Waals surface area (Å²) in [6, 6.07) is 9.76. The Kier molecular flexibility index (Phi) is 7.95. The van der Waals surface area contributed by atoms with Crippen LogP contribution in [0, 0.1) is 20.2 Å². The fraction of sp³-hybridized carbons (Fsp3) is 0. The van der Waals surface area contributed by atoms with E-state index in [9.17, 15) is 51.0 Å². The van der Waals surface area contributed by atoms with Crippen molar-refractivity contribution in [3.63, 3.8) is 0 Å². The van der Waals surface area contributed by atoms with E-state index in [1.807, 2.05) is 0 Å². The summed E-state index contributed by atoms with van der Waals surface area (Å²) in [6.07, 6.45) is 0. The second kappa shape index (κ2) is 11.0. The molecule has 42 heavy (non-hydrogen) atoms. The molecule has 0 radical (unpaired) electrons. The number of rotatable bonds is 8. The zero-order valence-electron chi connectivity index (χ0n) is 20.0. The first-order valence-corrected chi connectivity index (χ1v) is 14.3. The molecule has 3 aromatic carbocycles. The average molecular weight is 660 g/mol. The van der Waals surface area contributed by atoms with Crippen molar-refractivity contribution in [2.24, 2.45) is 0 Å². The van der Waals surface area contributed by atoms with Gasteiger partial charge in [0.05, 0.1) is 25.0 Å². The van der Waals surface area contributed by atoms with Crippen molar-refractivity contribution in [1.29, 1.82) is 0 Å². The van der Waals surface area contributed by atoms with Crippen molar-refractivity contribution in [3.8, 4) is 11.4 Å². The van der Waals surface area contributed by atoms with Crippen LogP contribution in [0.4, 0.5) is 17.1 Å². The Bertz CT molecular complexity index is 1900. The summed E-state index contributed by atoms with van der Waals surface area (Å²) >= 11 is 12.3. The first-order valence-electron chi connectivity index (χ1n) is 10.6. The lowest BCUT2D eigenvalue weighted by atomic mass is 10.2.